The molecular formula is C12H34Si4. The second-order valence-electron chi connectivity index (χ2n) is 8.71. The quantitative estimate of drug-likeness (QED) is 0.632. The highest BCUT2D eigenvalue weighted by Crippen LogP contribution is 2.44. The first kappa shape index (κ1) is 16.9. The van der Waals surface area contributed by atoms with Crippen molar-refractivity contribution in [2.75, 3.05) is 0 Å². The second-order valence-corrected chi connectivity index (χ2v) is 50.1. The Morgan fingerprint density at radius 2 is 0.688 bits per heavy atom. The summed E-state index contributed by atoms with van der Waals surface area (Å²) in [5, 5.41) is 0. The van der Waals surface area contributed by atoms with Crippen molar-refractivity contribution in [1.82, 2.24) is 0 Å². The van der Waals surface area contributed by atoms with Crippen LogP contribution in [0, 0.1) is 0 Å². The van der Waals surface area contributed by atoms with Crippen molar-refractivity contribution >= 4 is 29.4 Å². The maximum atomic E-state index is 2.68. The summed E-state index contributed by atoms with van der Waals surface area (Å²) in [5.74, 6) is 0. The van der Waals surface area contributed by atoms with Gasteiger partial charge in [-0.2, -0.15) is 0 Å². The Kier molecular flexibility index (Phi) is 4.76. The van der Waals surface area contributed by atoms with E-state index in [-0.39, 0.29) is 0 Å². The molecule has 0 aliphatic carbocycles. The van der Waals surface area contributed by atoms with Crippen LogP contribution >= 0.6 is 0 Å². The van der Waals surface area contributed by atoms with Crippen LogP contribution in [-0.2, 0) is 0 Å². The molecule has 0 aromatic heterocycles. The van der Waals surface area contributed by atoms with Crippen molar-refractivity contribution in [3.8, 4) is 0 Å². The lowest BCUT2D eigenvalue weighted by Crippen LogP contribution is -2.84. The van der Waals surface area contributed by atoms with Crippen LogP contribution in [0.15, 0.2) is 0 Å². The summed E-state index contributed by atoms with van der Waals surface area (Å²) >= 11 is 0. The van der Waals surface area contributed by atoms with Crippen LogP contribution in [0.1, 0.15) is 13.8 Å². The maximum Gasteiger partial charge on any atom is 0.0401 e. The highest BCUT2D eigenvalue weighted by atomic mass is 29.9. The molecule has 0 atom stereocenters. The first-order chi connectivity index (χ1) is 6.69. The molecule has 0 unspecified atom stereocenters. The molecule has 0 saturated heterocycles. The highest BCUT2D eigenvalue weighted by Gasteiger charge is 2.62. The van der Waals surface area contributed by atoms with E-state index >= 15 is 0 Å². The van der Waals surface area contributed by atoms with E-state index in [4.69, 9.17) is 0 Å². The Bertz CT molecular complexity index is 201. The Morgan fingerprint density at radius 3 is 0.688 bits per heavy atom. The van der Waals surface area contributed by atoms with Gasteiger partial charge in [0.25, 0.3) is 0 Å². The van der Waals surface area contributed by atoms with Gasteiger partial charge in [-0.3, -0.25) is 0 Å². The highest BCUT2D eigenvalue weighted by molar-refractivity contribution is 7.89. The van der Waals surface area contributed by atoms with E-state index in [9.17, 15) is 0 Å². The van der Waals surface area contributed by atoms with Gasteiger partial charge in [0.2, 0.25) is 0 Å². The van der Waals surface area contributed by atoms with Crippen molar-refractivity contribution in [2.45, 2.75) is 78.3 Å². The van der Waals surface area contributed by atoms with E-state index in [0.29, 0.717) is 0 Å². The zero-order valence-electron chi connectivity index (χ0n) is 13.6. The molecule has 0 bridgehead atoms. The largest absolute Gasteiger partial charge is 0.0718 e. The molecule has 0 aromatic rings. The van der Waals surface area contributed by atoms with Gasteiger partial charge < -0.3 is 0 Å². The zero-order valence-corrected chi connectivity index (χ0v) is 17.6. The molecule has 4 heteroatoms. The Labute approximate surface area is 108 Å². The van der Waals surface area contributed by atoms with E-state index in [0.717, 1.165) is 5.54 Å². The minimum Gasteiger partial charge on any atom is -0.0718 e. The second kappa shape index (κ2) is 4.52. The van der Waals surface area contributed by atoms with Gasteiger partial charge in [0.05, 0.1) is 0 Å². The molecule has 0 heterocycles. The van der Waals surface area contributed by atoms with Gasteiger partial charge in [0, 0.05) is 29.4 Å². The summed E-state index contributed by atoms with van der Waals surface area (Å²) in [4.78, 5) is 0. The number of rotatable bonds is 4. The van der Waals surface area contributed by atoms with Crippen molar-refractivity contribution < 1.29 is 0 Å². The normalized spacial score (nSPS) is 15.8. The number of hydrogen-bond donors (Lipinski definition) is 0. The van der Waals surface area contributed by atoms with Crippen molar-refractivity contribution in [1.29, 1.82) is 0 Å². The third-order valence-corrected chi connectivity index (χ3v) is 80.2. The van der Waals surface area contributed by atoms with Crippen LogP contribution in [0.25, 0.3) is 0 Å². The maximum absolute atomic E-state index is 2.68. The Balaban J connectivity index is 6.05. The standard InChI is InChI=1S/C12H34Si4/c1-12(2)16(13(3,4)5,14(6,7)8)15(9,10)11/h12H,1-11H3. The summed E-state index contributed by atoms with van der Waals surface area (Å²) < 4.78 is 0. The van der Waals surface area contributed by atoms with Crippen LogP contribution in [0.4, 0.5) is 0 Å². The van der Waals surface area contributed by atoms with Crippen molar-refractivity contribution in [3.05, 3.63) is 0 Å². The van der Waals surface area contributed by atoms with Crippen molar-refractivity contribution in [2.24, 2.45) is 0 Å². The summed E-state index contributed by atoms with van der Waals surface area (Å²) in [7, 11) is -3.03. The van der Waals surface area contributed by atoms with Crippen LogP contribution < -0.4 is 0 Å². The first-order valence-electron chi connectivity index (χ1n) is 6.69. The van der Waals surface area contributed by atoms with E-state index in [1.807, 2.05) is 0 Å². The molecule has 0 N–H and O–H groups in total. The molecule has 0 aliphatic rings. The Morgan fingerprint density at radius 1 is 0.500 bits per heavy atom. The minimum atomic E-state index is -1.06. The lowest BCUT2D eigenvalue weighted by Gasteiger charge is -2.60. The van der Waals surface area contributed by atoms with Crippen LogP contribution in [0.2, 0.25) is 64.5 Å². The molecular weight excluding hydrogens is 256 g/mol. The predicted molar refractivity (Wildman–Crippen MR) is 90.9 cm³/mol. The average molecular weight is 291 g/mol. The van der Waals surface area contributed by atoms with Gasteiger partial charge in [-0.15, -0.1) is 0 Å². The van der Waals surface area contributed by atoms with Gasteiger partial charge in [-0.05, 0) is 0 Å². The van der Waals surface area contributed by atoms with Crippen LogP contribution in [-0.4, -0.2) is 29.4 Å². The fourth-order valence-corrected chi connectivity index (χ4v) is 115. The fraction of sp³-hybridized carbons (Fsp3) is 1.00. The van der Waals surface area contributed by atoms with E-state index in [2.05, 4.69) is 72.8 Å². The molecule has 0 fully saturated rings. The first-order valence-corrected chi connectivity index (χ1v) is 22.3. The monoisotopic (exact) mass is 290 g/mol. The minimum absolute atomic E-state index is 0.998. The Hall–Kier alpha value is 0.868. The van der Waals surface area contributed by atoms with Gasteiger partial charge in [-0.25, -0.2) is 0 Å². The topological polar surface area (TPSA) is 0 Å². The summed E-state index contributed by atoms with van der Waals surface area (Å²) in [6, 6.07) is 0. The molecule has 0 radical (unpaired) electrons. The fourth-order valence-electron chi connectivity index (χ4n) is 5.97. The summed E-state index contributed by atoms with van der Waals surface area (Å²) in [6.07, 6.45) is 0. The van der Waals surface area contributed by atoms with E-state index < -0.39 is 29.4 Å². The van der Waals surface area contributed by atoms with Gasteiger partial charge in [-0.1, -0.05) is 78.3 Å². The molecule has 16 heavy (non-hydrogen) atoms. The molecule has 0 rings (SSSR count). The van der Waals surface area contributed by atoms with Gasteiger partial charge in [0.1, 0.15) is 0 Å². The van der Waals surface area contributed by atoms with Gasteiger partial charge in [0.15, 0.2) is 0 Å². The molecule has 0 spiro atoms. The lowest BCUT2D eigenvalue weighted by atomic mass is 10.6. The molecule has 0 aromatic carbocycles. The average Bonchev–Trinajstić information content (AvgIpc) is 1.71. The zero-order chi connectivity index (χ0) is 13.6. The molecule has 0 aliphatic heterocycles. The lowest BCUT2D eigenvalue weighted by molar-refractivity contribution is 1.05. The summed E-state index contributed by atoms with van der Waals surface area (Å²) in [5.41, 5.74) is 0.998. The molecule has 98 valence electrons. The third kappa shape index (κ3) is 2.49. The number of hydrogen-bond acceptors (Lipinski definition) is 0. The van der Waals surface area contributed by atoms with Crippen LogP contribution in [0.3, 0.4) is 0 Å². The SMILES string of the molecule is CC(C)[Si]([Si](C)(C)C)([Si](C)(C)C)[Si](C)(C)C. The van der Waals surface area contributed by atoms with Crippen LogP contribution in [0.5, 0.6) is 0 Å². The predicted octanol–water partition coefficient (Wildman–Crippen LogP) is 5.10. The summed E-state index contributed by atoms with van der Waals surface area (Å²) in [6.45, 7) is 28.1. The van der Waals surface area contributed by atoms with E-state index in [1.54, 1.807) is 0 Å². The third-order valence-electron chi connectivity index (χ3n) is 4.42. The molecule has 0 saturated carbocycles. The van der Waals surface area contributed by atoms with E-state index in [1.165, 1.54) is 0 Å². The molecule has 0 nitrogen and oxygen atoms in total. The molecule has 0 amide bonds. The smallest absolute Gasteiger partial charge is 0.0401 e. The van der Waals surface area contributed by atoms with Gasteiger partial charge >= 0.3 is 0 Å². The van der Waals surface area contributed by atoms with Crippen molar-refractivity contribution in [3.63, 3.8) is 0 Å².